The van der Waals surface area contributed by atoms with Gasteiger partial charge in [0.1, 0.15) is 11.6 Å². The van der Waals surface area contributed by atoms with Crippen LogP contribution in [0.1, 0.15) is 40.5 Å². The normalized spacial score (nSPS) is 7.16. The standard InChI is InChI=1S/C6H10O2.C6H6.C2H6.O2S/c1-5(7)3-4-6(2)8;1-2-4-6-5-3-1;1-2;1-3-2/h3-4H2,1-2H3;1-6H;1-2H3;. The minimum Gasteiger partial charge on any atom is -0.300 e. The van der Waals surface area contributed by atoms with Crippen molar-refractivity contribution in [3.05, 3.63) is 36.4 Å². The Morgan fingerprint density at radius 2 is 0.895 bits per heavy atom. The summed E-state index contributed by atoms with van der Waals surface area (Å²) < 4.78 is 16.6. The van der Waals surface area contributed by atoms with Crippen molar-refractivity contribution in [1.82, 2.24) is 0 Å². The topological polar surface area (TPSA) is 68.3 Å². The van der Waals surface area contributed by atoms with E-state index in [1.807, 2.05) is 50.2 Å². The zero-order valence-electron chi connectivity index (χ0n) is 11.9. The molecule has 1 aromatic rings. The minimum atomic E-state index is -0.750. The fraction of sp³-hybridized carbons (Fsp3) is 0.429. The van der Waals surface area contributed by atoms with Crippen molar-refractivity contribution in [2.45, 2.75) is 40.5 Å². The highest BCUT2D eigenvalue weighted by atomic mass is 32.1. The summed E-state index contributed by atoms with van der Waals surface area (Å²) in [6.45, 7) is 6.98. The van der Waals surface area contributed by atoms with Gasteiger partial charge >= 0.3 is 11.6 Å². The van der Waals surface area contributed by atoms with Crippen molar-refractivity contribution in [2.24, 2.45) is 0 Å². The van der Waals surface area contributed by atoms with Crippen LogP contribution in [0.15, 0.2) is 36.4 Å². The first-order valence-corrected chi connectivity index (χ1v) is 6.62. The van der Waals surface area contributed by atoms with Crippen LogP contribution in [-0.4, -0.2) is 20.0 Å². The zero-order valence-corrected chi connectivity index (χ0v) is 12.7. The van der Waals surface area contributed by atoms with Crippen LogP contribution in [0.5, 0.6) is 0 Å². The SMILES string of the molecule is CC.CC(=O)CCC(C)=O.O=S=O.c1ccccc1. The predicted molar refractivity (Wildman–Crippen MR) is 77.3 cm³/mol. The minimum absolute atomic E-state index is 0.0835. The zero-order chi connectivity index (χ0) is 15.5. The number of ketones is 2. The molecular weight excluding hydrogens is 264 g/mol. The van der Waals surface area contributed by atoms with Crippen LogP contribution >= 0.6 is 0 Å². The molecule has 108 valence electrons. The third-order valence-electron chi connectivity index (χ3n) is 1.50. The molecule has 5 heteroatoms. The van der Waals surface area contributed by atoms with Crippen LogP contribution in [0.3, 0.4) is 0 Å². The molecule has 0 aliphatic heterocycles. The average Bonchev–Trinajstić information content (AvgIpc) is 2.42. The van der Waals surface area contributed by atoms with Crippen molar-refractivity contribution < 1.29 is 18.0 Å². The van der Waals surface area contributed by atoms with E-state index in [0.29, 0.717) is 12.8 Å². The fourth-order valence-electron chi connectivity index (χ4n) is 0.737. The Balaban J connectivity index is -0.000000205. The van der Waals surface area contributed by atoms with Gasteiger partial charge in [-0.2, -0.15) is 8.42 Å². The summed E-state index contributed by atoms with van der Waals surface area (Å²) in [5, 5.41) is 0. The van der Waals surface area contributed by atoms with Crippen molar-refractivity contribution in [3.8, 4) is 0 Å². The molecule has 0 N–H and O–H groups in total. The number of benzene rings is 1. The Bertz CT molecular complexity index is 303. The van der Waals surface area contributed by atoms with Crippen molar-refractivity contribution in [3.63, 3.8) is 0 Å². The first kappa shape index (κ1) is 22.6. The molecule has 0 unspecified atom stereocenters. The highest BCUT2D eigenvalue weighted by molar-refractivity contribution is 7.51. The number of hydrogen-bond donors (Lipinski definition) is 0. The molecule has 1 aromatic carbocycles. The number of hydrogen-bond acceptors (Lipinski definition) is 4. The van der Waals surface area contributed by atoms with E-state index in [9.17, 15) is 9.59 Å². The maximum absolute atomic E-state index is 10.2. The smallest absolute Gasteiger partial charge is 0.300 e. The molecule has 0 aliphatic carbocycles. The second kappa shape index (κ2) is 21.6. The Kier molecular flexibility index (Phi) is 25.7. The quantitative estimate of drug-likeness (QED) is 0.856. The van der Waals surface area contributed by atoms with E-state index in [1.165, 1.54) is 13.8 Å². The van der Waals surface area contributed by atoms with E-state index < -0.39 is 11.6 Å². The molecule has 0 heterocycles. The number of Topliss-reactive ketones (excluding diaryl/α,β-unsaturated/α-hetero) is 2. The van der Waals surface area contributed by atoms with Gasteiger partial charge in [0, 0.05) is 12.8 Å². The van der Waals surface area contributed by atoms with Crippen molar-refractivity contribution in [1.29, 1.82) is 0 Å². The Morgan fingerprint density at radius 1 is 0.737 bits per heavy atom. The lowest BCUT2D eigenvalue weighted by Gasteiger charge is -1.86. The van der Waals surface area contributed by atoms with E-state index in [-0.39, 0.29) is 11.6 Å². The second-order valence-corrected chi connectivity index (χ2v) is 3.26. The first-order chi connectivity index (χ1) is 9.04. The fourth-order valence-corrected chi connectivity index (χ4v) is 0.737. The highest BCUT2D eigenvalue weighted by Crippen LogP contribution is 1.89. The summed E-state index contributed by atoms with van der Waals surface area (Å²) in [6, 6.07) is 12.0. The van der Waals surface area contributed by atoms with Gasteiger partial charge in [-0.15, -0.1) is 0 Å². The van der Waals surface area contributed by atoms with Gasteiger partial charge in [-0.1, -0.05) is 50.2 Å². The molecule has 0 spiro atoms. The maximum atomic E-state index is 10.2. The van der Waals surface area contributed by atoms with E-state index in [0.717, 1.165) is 0 Å². The van der Waals surface area contributed by atoms with Gasteiger partial charge in [-0.3, -0.25) is 0 Å². The monoisotopic (exact) mass is 286 g/mol. The molecule has 1 rings (SSSR count). The summed E-state index contributed by atoms with van der Waals surface area (Å²) in [5.74, 6) is 0.167. The summed E-state index contributed by atoms with van der Waals surface area (Å²) in [6.07, 6.45) is 0.796. The Labute approximate surface area is 118 Å². The van der Waals surface area contributed by atoms with Crippen LogP contribution in [0.4, 0.5) is 0 Å². The van der Waals surface area contributed by atoms with Crippen molar-refractivity contribution in [2.75, 3.05) is 0 Å². The lowest BCUT2D eigenvalue weighted by molar-refractivity contribution is -0.122. The van der Waals surface area contributed by atoms with E-state index in [2.05, 4.69) is 0 Å². The number of rotatable bonds is 3. The molecule has 0 saturated carbocycles. The Hall–Kier alpha value is -1.62. The largest absolute Gasteiger partial charge is 0.335 e. The summed E-state index contributed by atoms with van der Waals surface area (Å²) in [7, 11) is 0. The van der Waals surface area contributed by atoms with Gasteiger partial charge < -0.3 is 9.59 Å². The van der Waals surface area contributed by atoms with E-state index in [1.54, 1.807) is 0 Å². The molecule has 0 fully saturated rings. The molecule has 4 nitrogen and oxygen atoms in total. The Morgan fingerprint density at radius 3 is 1.00 bits per heavy atom. The summed E-state index contributed by atoms with van der Waals surface area (Å²) in [4.78, 5) is 20.4. The summed E-state index contributed by atoms with van der Waals surface area (Å²) in [5.41, 5.74) is 0. The number of carbonyl (C=O) groups excluding carboxylic acids is 2. The van der Waals surface area contributed by atoms with Gasteiger partial charge in [0.15, 0.2) is 0 Å². The predicted octanol–water partition coefficient (Wildman–Crippen LogP) is 2.99. The molecule has 19 heavy (non-hydrogen) atoms. The highest BCUT2D eigenvalue weighted by Gasteiger charge is 1.95. The van der Waals surface area contributed by atoms with Gasteiger partial charge in [-0.05, 0) is 13.8 Å². The molecule has 0 aromatic heterocycles. The average molecular weight is 286 g/mol. The molecule has 0 saturated heterocycles. The van der Waals surface area contributed by atoms with Crippen LogP contribution in [0.2, 0.25) is 0 Å². The third kappa shape index (κ3) is 38.5. The molecule has 0 aliphatic rings. The van der Waals surface area contributed by atoms with Crippen molar-refractivity contribution >= 4 is 23.1 Å². The van der Waals surface area contributed by atoms with Gasteiger partial charge in [0.2, 0.25) is 0 Å². The van der Waals surface area contributed by atoms with Gasteiger partial charge in [0.05, 0.1) is 0 Å². The third-order valence-corrected chi connectivity index (χ3v) is 1.50. The van der Waals surface area contributed by atoms with Crippen LogP contribution < -0.4 is 0 Å². The van der Waals surface area contributed by atoms with Crippen LogP contribution in [-0.2, 0) is 21.2 Å². The van der Waals surface area contributed by atoms with Gasteiger partial charge in [-0.25, -0.2) is 0 Å². The maximum Gasteiger partial charge on any atom is 0.335 e. The molecule has 0 radical (unpaired) electrons. The lowest BCUT2D eigenvalue weighted by Crippen LogP contribution is -1.95. The van der Waals surface area contributed by atoms with Gasteiger partial charge in [0.25, 0.3) is 0 Å². The molecule has 0 atom stereocenters. The van der Waals surface area contributed by atoms with E-state index in [4.69, 9.17) is 8.42 Å². The van der Waals surface area contributed by atoms with Crippen LogP contribution in [0.25, 0.3) is 0 Å². The lowest BCUT2D eigenvalue weighted by atomic mass is 10.2. The van der Waals surface area contributed by atoms with Crippen LogP contribution in [0, 0.1) is 0 Å². The molecular formula is C14H22O4S. The van der Waals surface area contributed by atoms with E-state index >= 15 is 0 Å². The molecule has 0 bridgehead atoms. The summed E-state index contributed by atoms with van der Waals surface area (Å²) >= 11 is -0.750. The molecule has 0 amide bonds. The number of carbonyl (C=O) groups is 2. The second-order valence-electron chi connectivity index (χ2n) is 3.13. The first-order valence-electron chi connectivity index (χ1n) is 5.95.